The van der Waals surface area contributed by atoms with Gasteiger partial charge < -0.3 is 15.4 Å². The van der Waals surface area contributed by atoms with Crippen LogP contribution in [-0.4, -0.2) is 44.3 Å². The van der Waals surface area contributed by atoms with E-state index in [0.29, 0.717) is 0 Å². The van der Waals surface area contributed by atoms with E-state index in [4.69, 9.17) is 10.5 Å². The summed E-state index contributed by atoms with van der Waals surface area (Å²) in [5.74, 6) is 0. The summed E-state index contributed by atoms with van der Waals surface area (Å²) in [6, 6.07) is 0. The van der Waals surface area contributed by atoms with E-state index in [1.54, 1.807) is 0 Å². The van der Waals surface area contributed by atoms with Gasteiger partial charge in [-0.3, -0.25) is 0 Å². The monoisotopic (exact) mass is 230 g/mol. The Balaban J connectivity index is 4.05. The van der Waals surface area contributed by atoms with Gasteiger partial charge in [-0.05, 0) is 31.8 Å². The van der Waals surface area contributed by atoms with Crippen LogP contribution in [0, 0.1) is 5.41 Å². The average Bonchev–Trinajstić information content (AvgIpc) is 2.28. The van der Waals surface area contributed by atoms with Crippen molar-refractivity contribution in [2.75, 3.05) is 39.4 Å². The fourth-order valence-corrected chi connectivity index (χ4v) is 2.08. The van der Waals surface area contributed by atoms with Crippen molar-refractivity contribution in [1.29, 1.82) is 0 Å². The Morgan fingerprint density at radius 3 is 2.38 bits per heavy atom. The highest BCUT2D eigenvalue weighted by Gasteiger charge is 2.23. The second kappa shape index (κ2) is 8.97. The molecule has 1 atom stereocenters. The van der Waals surface area contributed by atoms with Gasteiger partial charge in [0, 0.05) is 19.7 Å². The van der Waals surface area contributed by atoms with E-state index in [9.17, 15) is 0 Å². The zero-order valence-electron chi connectivity index (χ0n) is 11.6. The van der Waals surface area contributed by atoms with Gasteiger partial charge in [0.2, 0.25) is 0 Å². The molecule has 0 radical (unpaired) electrons. The number of nitrogens with zero attached hydrogens (tertiary/aromatic N) is 1. The Hall–Kier alpha value is -0.120. The normalized spacial score (nSPS) is 15.4. The Morgan fingerprint density at radius 1 is 1.25 bits per heavy atom. The first-order chi connectivity index (χ1) is 7.61. The van der Waals surface area contributed by atoms with Crippen LogP contribution < -0.4 is 5.73 Å². The van der Waals surface area contributed by atoms with Crippen molar-refractivity contribution in [1.82, 2.24) is 4.90 Å². The lowest BCUT2D eigenvalue weighted by Gasteiger charge is -2.34. The van der Waals surface area contributed by atoms with Crippen molar-refractivity contribution in [3.63, 3.8) is 0 Å². The molecular formula is C13H30N2O. The minimum Gasteiger partial charge on any atom is -0.380 e. The van der Waals surface area contributed by atoms with Gasteiger partial charge in [0.05, 0.1) is 6.61 Å². The lowest BCUT2D eigenvalue weighted by molar-refractivity contribution is 0.0924. The van der Waals surface area contributed by atoms with Crippen molar-refractivity contribution in [3.8, 4) is 0 Å². The van der Waals surface area contributed by atoms with Crippen LogP contribution >= 0.6 is 0 Å². The minimum atomic E-state index is 0.261. The van der Waals surface area contributed by atoms with Crippen LogP contribution in [0.5, 0.6) is 0 Å². The van der Waals surface area contributed by atoms with Gasteiger partial charge in [0.15, 0.2) is 0 Å². The highest BCUT2D eigenvalue weighted by Crippen LogP contribution is 2.22. The Morgan fingerprint density at radius 2 is 1.94 bits per heavy atom. The van der Waals surface area contributed by atoms with E-state index < -0.39 is 0 Å². The summed E-state index contributed by atoms with van der Waals surface area (Å²) in [5, 5.41) is 0. The van der Waals surface area contributed by atoms with E-state index >= 15 is 0 Å². The van der Waals surface area contributed by atoms with Crippen LogP contribution in [0.15, 0.2) is 0 Å². The quantitative estimate of drug-likeness (QED) is 0.584. The molecule has 3 nitrogen and oxygen atoms in total. The molecule has 0 spiro atoms. The molecule has 98 valence electrons. The van der Waals surface area contributed by atoms with E-state index in [-0.39, 0.29) is 5.41 Å². The molecule has 0 aromatic heterocycles. The zero-order valence-corrected chi connectivity index (χ0v) is 11.6. The maximum absolute atomic E-state index is 5.89. The molecule has 2 N–H and O–H groups in total. The summed E-state index contributed by atoms with van der Waals surface area (Å²) in [5.41, 5.74) is 6.15. The first-order valence-corrected chi connectivity index (χ1v) is 6.62. The van der Waals surface area contributed by atoms with Gasteiger partial charge in [-0.25, -0.2) is 0 Å². The average molecular weight is 230 g/mol. The molecule has 0 saturated heterocycles. The third-order valence-electron chi connectivity index (χ3n) is 3.15. The molecule has 0 aliphatic carbocycles. The van der Waals surface area contributed by atoms with E-state index in [1.807, 2.05) is 6.92 Å². The number of hydrogen-bond donors (Lipinski definition) is 1. The van der Waals surface area contributed by atoms with Crippen molar-refractivity contribution < 1.29 is 4.74 Å². The second-order valence-electron chi connectivity index (χ2n) is 4.83. The molecule has 16 heavy (non-hydrogen) atoms. The number of rotatable bonds is 10. The molecule has 0 saturated carbocycles. The summed E-state index contributed by atoms with van der Waals surface area (Å²) in [6.45, 7) is 14.3. The van der Waals surface area contributed by atoms with Gasteiger partial charge in [0.1, 0.15) is 0 Å². The van der Waals surface area contributed by atoms with Crippen molar-refractivity contribution in [3.05, 3.63) is 0 Å². The van der Waals surface area contributed by atoms with Crippen LogP contribution in [-0.2, 0) is 4.74 Å². The first kappa shape index (κ1) is 15.9. The minimum absolute atomic E-state index is 0.261. The molecule has 0 aliphatic rings. The standard InChI is InChI=1S/C13H30N2O/c1-5-8-13(4,11-14)12-15(6-2)9-10-16-7-3/h5-12,14H2,1-4H3. The lowest BCUT2D eigenvalue weighted by atomic mass is 9.85. The molecule has 0 aromatic rings. The van der Waals surface area contributed by atoms with Crippen LogP contribution in [0.1, 0.15) is 40.5 Å². The van der Waals surface area contributed by atoms with Crippen molar-refractivity contribution in [2.24, 2.45) is 11.1 Å². The fraction of sp³-hybridized carbons (Fsp3) is 1.00. The number of ether oxygens (including phenoxy) is 1. The predicted molar refractivity (Wildman–Crippen MR) is 70.7 cm³/mol. The highest BCUT2D eigenvalue weighted by atomic mass is 16.5. The van der Waals surface area contributed by atoms with Crippen molar-refractivity contribution in [2.45, 2.75) is 40.5 Å². The van der Waals surface area contributed by atoms with Crippen LogP contribution in [0.25, 0.3) is 0 Å². The molecule has 0 aliphatic heterocycles. The lowest BCUT2D eigenvalue weighted by Crippen LogP contribution is -2.41. The van der Waals surface area contributed by atoms with Gasteiger partial charge in [-0.2, -0.15) is 0 Å². The number of likely N-dealkylation sites (N-methyl/N-ethyl adjacent to an activating group) is 1. The SMILES string of the molecule is CCCC(C)(CN)CN(CC)CCOCC. The second-order valence-corrected chi connectivity index (χ2v) is 4.83. The van der Waals surface area contributed by atoms with Crippen LogP contribution in [0.4, 0.5) is 0 Å². The molecule has 0 aromatic carbocycles. The Labute approximate surface area is 101 Å². The highest BCUT2D eigenvalue weighted by molar-refractivity contribution is 4.78. The van der Waals surface area contributed by atoms with Crippen molar-refractivity contribution >= 4 is 0 Å². The molecule has 1 unspecified atom stereocenters. The summed E-state index contributed by atoms with van der Waals surface area (Å²) in [6.07, 6.45) is 2.41. The largest absolute Gasteiger partial charge is 0.380 e. The summed E-state index contributed by atoms with van der Waals surface area (Å²) < 4.78 is 5.40. The molecule has 3 heteroatoms. The summed E-state index contributed by atoms with van der Waals surface area (Å²) in [7, 11) is 0. The number of nitrogens with two attached hydrogens (primary N) is 1. The van der Waals surface area contributed by atoms with Gasteiger partial charge in [0.25, 0.3) is 0 Å². The van der Waals surface area contributed by atoms with E-state index in [2.05, 4.69) is 25.7 Å². The van der Waals surface area contributed by atoms with Gasteiger partial charge in [-0.15, -0.1) is 0 Å². The Kier molecular flexibility index (Phi) is 8.90. The predicted octanol–water partition coefficient (Wildman–Crippen LogP) is 2.11. The summed E-state index contributed by atoms with van der Waals surface area (Å²) in [4.78, 5) is 2.44. The van der Waals surface area contributed by atoms with E-state index in [1.165, 1.54) is 12.8 Å². The third kappa shape index (κ3) is 6.46. The zero-order chi connectivity index (χ0) is 12.4. The molecule has 0 fully saturated rings. The van der Waals surface area contributed by atoms with Gasteiger partial charge in [-0.1, -0.05) is 27.2 Å². The number of hydrogen-bond acceptors (Lipinski definition) is 3. The molecule has 0 amide bonds. The molecule has 0 heterocycles. The molecule has 0 bridgehead atoms. The van der Waals surface area contributed by atoms with Crippen LogP contribution in [0.3, 0.4) is 0 Å². The molecule has 0 rings (SSSR count). The van der Waals surface area contributed by atoms with E-state index in [0.717, 1.165) is 39.4 Å². The first-order valence-electron chi connectivity index (χ1n) is 6.62. The Bertz CT molecular complexity index is 164. The topological polar surface area (TPSA) is 38.5 Å². The van der Waals surface area contributed by atoms with Crippen LogP contribution in [0.2, 0.25) is 0 Å². The summed E-state index contributed by atoms with van der Waals surface area (Å²) >= 11 is 0. The molecular weight excluding hydrogens is 200 g/mol. The maximum Gasteiger partial charge on any atom is 0.0593 e. The maximum atomic E-state index is 5.89. The van der Waals surface area contributed by atoms with Gasteiger partial charge >= 0.3 is 0 Å². The third-order valence-corrected chi connectivity index (χ3v) is 3.15. The smallest absolute Gasteiger partial charge is 0.0593 e. The fourth-order valence-electron chi connectivity index (χ4n) is 2.08.